The minimum Gasteiger partial charge on any atom is -0.205 e. The van der Waals surface area contributed by atoms with E-state index in [0.29, 0.717) is 21.6 Å². The SMILES string of the molecule is Fc1c(CC(F)(F)F)cccc1SSc1cccc(CC(F)(F)F)c1F. The average Bonchev–Trinajstić information content (AvgIpc) is 2.49. The van der Waals surface area contributed by atoms with Crippen LogP contribution in [-0.4, -0.2) is 12.4 Å². The Balaban J connectivity index is 2.17. The van der Waals surface area contributed by atoms with Crippen molar-refractivity contribution >= 4 is 21.6 Å². The van der Waals surface area contributed by atoms with Crippen molar-refractivity contribution in [3.05, 3.63) is 59.2 Å². The van der Waals surface area contributed by atoms with E-state index in [1.165, 1.54) is 24.3 Å². The molecule has 0 saturated carbocycles. The zero-order valence-electron chi connectivity index (χ0n) is 12.7. The van der Waals surface area contributed by atoms with Crippen LogP contribution in [0.4, 0.5) is 35.1 Å². The Kier molecular flexibility index (Phi) is 6.49. The van der Waals surface area contributed by atoms with Crippen LogP contribution >= 0.6 is 21.6 Å². The van der Waals surface area contributed by atoms with E-state index in [1.807, 2.05) is 0 Å². The van der Waals surface area contributed by atoms with Crippen molar-refractivity contribution in [2.24, 2.45) is 0 Å². The van der Waals surface area contributed by atoms with Crippen molar-refractivity contribution in [2.45, 2.75) is 35.0 Å². The quantitative estimate of drug-likeness (QED) is 0.380. The number of hydrogen-bond acceptors (Lipinski definition) is 2. The first-order valence-corrected chi connectivity index (χ1v) is 9.14. The summed E-state index contributed by atoms with van der Waals surface area (Å²) in [6.07, 6.45) is -12.1. The lowest BCUT2D eigenvalue weighted by molar-refractivity contribution is -0.128. The van der Waals surface area contributed by atoms with Gasteiger partial charge in [-0.05, 0) is 44.8 Å². The van der Waals surface area contributed by atoms with Gasteiger partial charge < -0.3 is 0 Å². The van der Waals surface area contributed by atoms with Crippen LogP contribution in [0.1, 0.15) is 11.1 Å². The molecule has 26 heavy (non-hydrogen) atoms. The Hall–Kier alpha value is -1.42. The molecule has 10 heteroatoms. The van der Waals surface area contributed by atoms with E-state index in [1.54, 1.807) is 0 Å². The third-order valence-corrected chi connectivity index (χ3v) is 5.49. The number of rotatable bonds is 5. The van der Waals surface area contributed by atoms with Crippen LogP contribution in [0.2, 0.25) is 0 Å². The van der Waals surface area contributed by atoms with E-state index < -0.39 is 48.0 Å². The van der Waals surface area contributed by atoms with Gasteiger partial charge in [0.05, 0.1) is 22.6 Å². The summed E-state index contributed by atoms with van der Waals surface area (Å²) in [5, 5.41) is 0. The van der Waals surface area contributed by atoms with Crippen LogP contribution < -0.4 is 0 Å². The van der Waals surface area contributed by atoms with Crippen molar-refractivity contribution < 1.29 is 35.1 Å². The lowest BCUT2D eigenvalue weighted by Crippen LogP contribution is -2.13. The Morgan fingerprint density at radius 1 is 0.615 bits per heavy atom. The summed E-state index contributed by atoms with van der Waals surface area (Å²) >= 11 is 0. The first-order valence-electron chi connectivity index (χ1n) is 6.99. The van der Waals surface area contributed by atoms with Crippen LogP contribution in [0, 0.1) is 11.6 Å². The van der Waals surface area contributed by atoms with E-state index in [-0.39, 0.29) is 9.79 Å². The molecule has 0 heterocycles. The minimum absolute atomic E-state index is 0.169. The highest BCUT2D eigenvalue weighted by Crippen LogP contribution is 2.41. The van der Waals surface area contributed by atoms with E-state index in [2.05, 4.69) is 0 Å². The van der Waals surface area contributed by atoms with Crippen molar-refractivity contribution in [1.29, 1.82) is 0 Å². The number of benzene rings is 2. The van der Waals surface area contributed by atoms with Gasteiger partial charge in [0.2, 0.25) is 0 Å². The Bertz CT molecular complexity index is 702. The number of hydrogen-bond donors (Lipinski definition) is 0. The topological polar surface area (TPSA) is 0 Å². The van der Waals surface area contributed by atoms with Gasteiger partial charge in [0.25, 0.3) is 0 Å². The molecule has 2 aromatic carbocycles. The fourth-order valence-corrected chi connectivity index (χ4v) is 4.20. The van der Waals surface area contributed by atoms with Crippen LogP contribution in [0.15, 0.2) is 46.2 Å². The maximum absolute atomic E-state index is 14.1. The third-order valence-electron chi connectivity index (χ3n) is 3.09. The Morgan fingerprint density at radius 2 is 0.962 bits per heavy atom. The highest BCUT2D eigenvalue weighted by molar-refractivity contribution is 8.76. The van der Waals surface area contributed by atoms with Crippen LogP contribution in [0.25, 0.3) is 0 Å². The first-order chi connectivity index (χ1) is 12.0. The van der Waals surface area contributed by atoms with Crippen LogP contribution in [0.5, 0.6) is 0 Å². The minimum atomic E-state index is -4.59. The molecule has 0 aromatic heterocycles. The van der Waals surface area contributed by atoms with Gasteiger partial charge in [0, 0.05) is 0 Å². The van der Waals surface area contributed by atoms with Crippen molar-refractivity contribution in [3.63, 3.8) is 0 Å². The molecule has 0 aliphatic rings. The molecular formula is C16H10F8S2. The summed E-state index contributed by atoms with van der Waals surface area (Å²) in [4.78, 5) is -0.338. The second-order valence-corrected chi connectivity index (χ2v) is 7.42. The number of alkyl halides is 6. The molecule has 0 spiro atoms. The predicted octanol–water partition coefficient (Wildman–Crippen LogP) is 6.97. The molecule has 0 aliphatic heterocycles. The molecule has 0 N–H and O–H groups in total. The molecule has 0 amide bonds. The molecular weight excluding hydrogens is 408 g/mol. The zero-order valence-corrected chi connectivity index (χ0v) is 14.4. The molecule has 0 saturated heterocycles. The third kappa shape index (κ3) is 6.08. The van der Waals surface area contributed by atoms with Gasteiger partial charge in [-0.1, -0.05) is 24.3 Å². The highest BCUT2D eigenvalue weighted by Gasteiger charge is 2.31. The predicted molar refractivity (Wildman–Crippen MR) is 84.0 cm³/mol. The zero-order chi connectivity index (χ0) is 19.5. The van der Waals surface area contributed by atoms with E-state index in [9.17, 15) is 35.1 Å². The van der Waals surface area contributed by atoms with Crippen molar-refractivity contribution in [3.8, 4) is 0 Å². The highest BCUT2D eigenvalue weighted by atomic mass is 33.1. The molecule has 0 fully saturated rings. The molecule has 0 nitrogen and oxygen atoms in total. The monoisotopic (exact) mass is 418 g/mol. The molecule has 2 aromatic rings. The van der Waals surface area contributed by atoms with Crippen molar-refractivity contribution in [1.82, 2.24) is 0 Å². The molecule has 0 bridgehead atoms. The molecule has 0 atom stereocenters. The van der Waals surface area contributed by atoms with Gasteiger partial charge in [-0.3, -0.25) is 0 Å². The Labute approximate surface area is 151 Å². The maximum Gasteiger partial charge on any atom is 0.393 e. The lowest BCUT2D eigenvalue weighted by atomic mass is 10.1. The van der Waals surface area contributed by atoms with E-state index in [4.69, 9.17) is 0 Å². The van der Waals surface area contributed by atoms with Gasteiger partial charge in [0.15, 0.2) is 0 Å². The second kappa shape index (κ2) is 8.08. The molecule has 0 radical (unpaired) electrons. The summed E-state index contributed by atoms with van der Waals surface area (Å²) in [7, 11) is 1.27. The summed E-state index contributed by atoms with van der Waals surface area (Å²) in [5.41, 5.74) is -1.12. The van der Waals surface area contributed by atoms with E-state index in [0.717, 1.165) is 12.1 Å². The smallest absolute Gasteiger partial charge is 0.205 e. The van der Waals surface area contributed by atoms with Crippen molar-refractivity contribution in [2.75, 3.05) is 0 Å². The standard InChI is InChI=1S/C16H10F8S2/c17-13-9(7-15(19,20)21)3-1-5-11(13)25-26-12-6-2-4-10(14(12)18)8-16(22,23)24/h1-6H,7-8H2. The second-order valence-electron chi connectivity index (χ2n) is 5.21. The molecule has 0 unspecified atom stereocenters. The number of halogens is 8. The summed E-state index contributed by atoms with van der Waals surface area (Å²) in [5.74, 6) is -2.18. The molecule has 0 aliphatic carbocycles. The maximum atomic E-state index is 14.1. The van der Waals surface area contributed by atoms with Crippen LogP contribution in [-0.2, 0) is 12.8 Å². The first kappa shape index (κ1) is 20.9. The van der Waals surface area contributed by atoms with Gasteiger partial charge in [-0.15, -0.1) is 0 Å². The summed E-state index contributed by atoms with van der Waals surface area (Å²) in [6, 6.07) is 6.85. The average molecular weight is 418 g/mol. The molecule has 2 rings (SSSR count). The van der Waals surface area contributed by atoms with Gasteiger partial charge in [-0.25, -0.2) is 8.78 Å². The van der Waals surface area contributed by atoms with Gasteiger partial charge in [0.1, 0.15) is 11.6 Å². The lowest BCUT2D eigenvalue weighted by Gasteiger charge is -2.11. The fraction of sp³-hybridized carbons (Fsp3) is 0.250. The summed E-state index contributed by atoms with van der Waals surface area (Å²) < 4.78 is 103. The largest absolute Gasteiger partial charge is 0.393 e. The normalized spacial score (nSPS) is 12.5. The molecule has 142 valence electrons. The Morgan fingerprint density at radius 3 is 1.27 bits per heavy atom. The fourth-order valence-electron chi connectivity index (χ4n) is 2.04. The summed E-state index contributed by atoms with van der Waals surface area (Å²) in [6.45, 7) is 0. The van der Waals surface area contributed by atoms with Gasteiger partial charge in [-0.2, -0.15) is 26.3 Å². The van der Waals surface area contributed by atoms with Gasteiger partial charge >= 0.3 is 12.4 Å². The van der Waals surface area contributed by atoms with E-state index >= 15 is 0 Å². The van der Waals surface area contributed by atoms with Crippen LogP contribution in [0.3, 0.4) is 0 Å².